The van der Waals surface area contributed by atoms with Crippen molar-refractivity contribution in [3.63, 3.8) is 0 Å². The zero-order valence-electron chi connectivity index (χ0n) is 13.6. The molecule has 128 valence electrons. The molecule has 24 heavy (non-hydrogen) atoms. The lowest BCUT2D eigenvalue weighted by Crippen LogP contribution is -2.32. The summed E-state index contributed by atoms with van der Waals surface area (Å²) in [5.74, 6) is 0.545. The smallest absolute Gasteiger partial charge is 0.226 e. The fraction of sp³-hybridized carbons (Fsp3) is 0.444. The highest BCUT2D eigenvalue weighted by Gasteiger charge is 2.17. The number of aromatic nitrogens is 1. The van der Waals surface area contributed by atoms with Crippen LogP contribution in [0.25, 0.3) is 0 Å². The number of hydrogen-bond donors (Lipinski definition) is 1. The predicted octanol–water partition coefficient (Wildman–Crippen LogP) is 2.23. The molecule has 1 unspecified atom stereocenters. The van der Waals surface area contributed by atoms with E-state index in [0.29, 0.717) is 31.2 Å². The SMILES string of the molecule is O=C(Cc1cc(COCc2ccccc2)on1)NCC1CCCO1. The van der Waals surface area contributed by atoms with Gasteiger partial charge in [0.15, 0.2) is 5.76 Å². The van der Waals surface area contributed by atoms with Crippen LogP contribution in [0.4, 0.5) is 0 Å². The topological polar surface area (TPSA) is 73.6 Å². The predicted molar refractivity (Wildman–Crippen MR) is 87.1 cm³/mol. The fourth-order valence-electron chi connectivity index (χ4n) is 2.61. The summed E-state index contributed by atoms with van der Waals surface area (Å²) in [6.07, 6.45) is 2.42. The Morgan fingerprint density at radius 2 is 2.17 bits per heavy atom. The number of nitrogens with one attached hydrogen (secondary N) is 1. The minimum atomic E-state index is -0.0736. The number of hydrogen-bond acceptors (Lipinski definition) is 5. The van der Waals surface area contributed by atoms with Crippen molar-refractivity contribution in [2.45, 2.75) is 38.6 Å². The first-order valence-corrected chi connectivity index (χ1v) is 8.24. The Labute approximate surface area is 141 Å². The van der Waals surface area contributed by atoms with Gasteiger partial charge in [0.05, 0.1) is 24.8 Å². The van der Waals surface area contributed by atoms with Gasteiger partial charge in [-0.05, 0) is 18.4 Å². The molecule has 1 aliphatic rings. The summed E-state index contributed by atoms with van der Waals surface area (Å²) in [5.41, 5.74) is 1.71. The molecule has 1 saturated heterocycles. The van der Waals surface area contributed by atoms with E-state index in [2.05, 4.69) is 10.5 Å². The molecule has 0 radical (unpaired) electrons. The maximum absolute atomic E-state index is 11.9. The summed E-state index contributed by atoms with van der Waals surface area (Å²) in [5, 5.41) is 6.78. The summed E-state index contributed by atoms with van der Waals surface area (Å²) in [4.78, 5) is 11.9. The molecule has 0 saturated carbocycles. The summed E-state index contributed by atoms with van der Waals surface area (Å²) in [7, 11) is 0. The zero-order chi connectivity index (χ0) is 16.6. The van der Waals surface area contributed by atoms with Gasteiger partial charge in [-0.3, -0.25) is 4.79 Å². The lowest BCUT2D eigenvalue weighted by molar-refractivity contribution is -0.121. The van der Waals surface area contributed by atoms with Gasteiger partial charge in [-0.2, -0.15) is 0 Å². The first-order valence-electron chi connectivity index (χ1n) is 8.24. The molecule has 2 heterocycles. The fourth-order valence-corrected chi connectivity index (χ4v) is 2.61. The Kier molecular flexibility index (Phi) is 5.98. The second-order valence-electron chi connectivity index (χ2n) is 5.88. The number of carbonyl (C=O) groups is 1. The molecule has 1 aromatic carbocycles. The van der Waals surface area contributed by atoms with E-state index in [1.807, 2.05) is 30.3 Å². The molecule has 0 bridgehead atoms. The van der Waals surface area contributed by atoms with E-state index < -0.39 is 0 Å². The maximum Gasteiger partial charge on any atom is 0.226 e. The number of rotatable bonds is 8. The van der Waals surface area contributed by atoms with E-state index >= 15 is 0 Å². The van der Waals surface area contributed by atoms with Crippen molar-refractivity contribution in [3.8, 4) is 0 Å². The van der Waals surface area contributed by atoms with Gasteiger partial charge in [0, 0.05) is 19.2 Å². The summed E-state index contributed by atoms with van der Waals surface area (Å²) < 4.78 is 16.3. The lowest BCUT2D eigenvalue weighted by atomic mass is 10.2. The first kappa shape index (κ1) is 16.7. The molecule has 1 aliphatic heterocycles. The van der Waals surface area contributed by atoms with Crippen LogP contribution in [0.2, 0.25) is 0 Å². The Bertz CT molecular complexity index is 635. The van der Waals surface area contributed by atoms with Crippen LogP contribution >= 0.6 is 0 Å². The molecule has 0 aliphatic carbocycles. The standard InChI is InChI=1S/C18H22N2O4/c21-18(19-11-16-7-4-8-23-16)10-15-9-17(24-20-15)13-22-12-14-5-2-1-3-6-14/h1-3,5-6,9,16H,4,7-8,10-13H2,(H,19,21). The maximum atomic E-state index is 11.9. The van der Waals surface area contributed by atoms with Crippen molar-refractivity contribution in [1.82, 2.24) is 10.5 Å². The third-order valence-electron chi connectivity index (χ3n) is 3.86. The van der Waals surface area contributed by atoms with Crippen molar-refractivity contribution < 1.29 is 18.8 Å². The molecule has 2 aromatic rings. The number of amides is 1. The van der Waals surface area contributed by atoms with Crippen LogP contribution in [-0.4, -0.2) is 30.3 Å². The van der Waals surface area contributed by atoms with Gasteiger partial charge in [-0.1, -0.05) is 35.5 Å². The first-order chi connectivity index (χ1) is 11.8. The summed E-state index contributed by atoms with van der Waals surface area (Å²) >= 11 is 0. The molecule has 1 aromatic heterocycles. The van der Waals surface area contributed by atoms with Crippen LogP contribution in [0.1, 0.15) is 29.9 Å². The Hall–Kier alpha value is -2.18. The van der Waals surface area contributed by atoms with Crippen LogP contribution in [0.5, 0.6) is 0 Å². The molecule has 1 fully saturated rings. The molecule has 1 amide bonds. The van der Waals surface area contributed by atoms with Gasteiger partial charge in [0.1, 0.15) is 6.61 Å². The Balaban J connectivity index is 1.37. The van der Waals surface area contributed by atoms with Crippen LogP contribution < -0.4 is 5.32 Å². The molecule has 6 nitrogen and oxygen atoms in total. The van der Waals surface area contributed by atoms with Crippen molar-refractivity contribution >= 4 is 5.91 Å². The van der Waals surface area contributed by atoms with Gasteiger partial charge >= 0.3 is 0 Å². The van der Waals surface area contributed by atoms with Crippen LogP contribution in [-0.2, 0) is 33.9 Å². The van der Waals surface area contributed by atoms with Gasteiger partial charge < -0.3 is 19.3 Å². The molecule has 1 N–H and O–H groups in total. The number of ether oxygens (including phenoxy) is 2. The highest BCUT2D eigenvalue weighted by Crippen LogP contribution is 2.11. The average Bonchev–Trinajstić information content (AvgIpc) is 3.26. The Morgan fingerprint density at radius 3 is 2.96 bits per heavy atom. The summed E-state index contributed by atoms with van der Waals surface area (Å²) in [6, 6.07) is 11.7. The minimum Gasteiger partial charge on any atom is -0.376 e. The third-order valence-corrected chi connectivity index (χ3v) is 3.86. The minimum absolute atomic E-state index is 0.0736. The normalized spacial score (nSPS) is 17.1. The van der Waals surface area contributed by atoms with Crippen LogP contribution in [0.3, 0.4) is 0 Å². The van der Waals surface area contributed by atoms with E-state index in [1.165, 1.54) is 0 Å². The van der Waals surface area contributed by atoms with E-state index in [-0.39, 0.29) is 18.4 Å². The van der Waals surface area contributed by atoms with Gasteiger partial charge in [0.2, 0.25) is 5.91 Å². The van der Waals surface area contributed by atoms with Gasteiger partial charge in [0.25, 0.3) is 0 Å². The monoisotopic (exact) mass is 330 g/mol. The molecule has 6 heteroatoms. The second kappa shape index (κ2) is 8.61. The summed E-state index contributed by atoms with van der Waals surface area (Å²) in [6.45, 7) is 2.19. The molecule has 0 spiro atoms. The Morgan fingerprint density at radius 1 is 1.29 bits per heavy atom. The lowest BCUT2D eigenvalue weighted by Gasteiger charge is -2.09. The van der Waals surface area contributed by atoms with E-state index in [1.54, 1.807) is 6.07 Å². The number of carbonyl (C=O) groups excluding carboxylic acids is 1. The van der Waals surface area contributed by atoms with Crippen LogP contribution in [0.15, 0.2) is 40.9 Å². The number of nitrogens with zero attached hydrogens (tertiary/aromatic N) is 1. The van der Waals surface area contributed by atoms with Crippen molar-refractivity contribution in [2.24, 2.45) is 0 Å². The third kappa shape index (κ3) is 5.18. The van der Waals surface area contributed by atoms with E-state index in [4.69, 9.17) is 14.0 Å². The van der Waals surface area contributed by atoms with Crippen molar-refractivity contribution in [2.75, 3.05) is 13.2 Å². The molecular weight excluding hydrogens is 308 g/mol. The highest BCUT2D eigenvalue weighted by molar-refractivity contribution is 5.78. The number of benzene rings is 1. The average molecular weight is 330 g/mol. The second-order valence-corrected chi connectivity index (χ2v) is 5.88. The van der Waals surface area contributed by atoms with E-state index in [0.717, 1.165) is 25.0 Å². The zero-order valence-corrected chi connectivity index (χ0v) is 13.6. The highest BCUT2D eigenvalue weighted by atomic mass is 16.5. The van der Waals surface area contributed by atoms with Gasteiger partial charge in [-0.25, -0.2) is 0 Å². The largest absolute Gasteiger partial charge is 0.376 e. The molecule has 1 atom stereocenters. The quantitative estimate of drug-likeness (QED) is 0.803. The van der Waals surface area contributed by atoms with Crippen molar-refractivity contribution in [3.05, 3.63) is 53.4 Å². The molecule has 3 rings (SSSR count). The van der Waals surface area contributed by atoms with Crippen molar-refractivity contribution in [1.29, 1.82) is 0 Å². The van der Waals surface area contributed by atoms with Crippen LogP contribution in [0, 0.1) is 0 Å². The van der Waals surface area contributed by atoms with Gasteiger partial charge in [-0.15, -0.1) is 0 Å². The molecular formula is C18H22N2O4. The van der Waals surface area contributed by atoms with E-state index in [9.17, 15) is 4.79 Å².